The van der Waals surface area contributed by atoms with Crippen LogP contribution in [0.15, 0.2) is 12.1 Å². The SMILES string of the molecule is CNC(=N)NCc1ccc(F)c(C)c1F. The predicted octanol–water partition coefficient (Wildman–Crippen LogP) is 1.52. The first-order valence-corrected chi connectivity index (χ1v) is 4.50. The number of benzene rings is 1. The van der Waals surface area contributed by atoms with Gasteiger partial charge in [0.1, 0.15) is 11.6 Å². The summed E-state index contributed by atoms with van der Waals surface area (Å²) in [6.07, 6.45) is 0. The summed E-state index contributed by atoms with van der Waals surface area (Å²) in [6, 6.07) is 2.59. The summed E-state index contributed by atoms with van der Waals surface area (Å²) >= 11 is 0. The molecule has 0 unspecified atom stereocenters. The minimum Gasteiger partial charge on any atom is -0.360 e. The van der Waals surface area contributed by atoms with E-state index in [1.807, 2.05) is 0 Å². The quantitative estimate of drug-likeness (QED) is 0.515. The van der Waals surface area contributed by atoms with Gasteiger partial charge in [-0.05, 0) is 13.0 Å². The summed E-state index contributed by atoms with van der Waals surface area (Å²) in [5, 5.41) is 12.4. The third-order valence-electron chi connectivity index (χ3n) is 2.11. The highest BCUT2D eigenvalue weighted by atomic mass is 19.1. The molecule has 3 nitrogen and oxygen atoms in total. The molecule has 0 atom stereocenters. The van der Waals surface area contributed by atoms with Crippen LogP contribution in [0.2, 0.25) is 0 Å². The molecule has 0 saturated carbocycles. The second-order valence-corrected chi connectivity index (χ2v) is 3.12. The van der Waals surface area contributed by atoms with Gasteiger partial charge in [-0.15, -0.1) is 0 Å². The first-order valence-electron chi connectivity index (χ1n) is 4.50. The van der Waals surface area contributed by atoms with Crippen molar-refractivity contribution in [2.45, 2.75) is 13.5 Å². The van der Waals surface area contributed by atoms with Crippen molar-refractivity contribution >= 4 is 5.96 Å². The second kappa shape index (κ2) is 4.72. The van der Waals surface area contributed by atoms with E-state index in [9.17, 15) is 8.78 Å². The molecule has 0 aromatic heterocycles. The maximum atomic E-state index is 13.4. The fourth-order valence-corrected chi connectivity index (χ4v) is 1.13. The average Bonchev–Trinajstić information content (AvgIpc) is 2.24. The molecule has 0 radical (unpaired) electrons. The largest absolute Gasteiger partial charge is 0.360 e. The standard InChI is InChI=1S/C10H13F2N3/c1-6-8(11)4-3-7(9(6)12)5-15-10(13)14-2/h3-4H,5H2,1-2H3,(H3,13,14,15). The van der Waals surface area contributed by atoms with Crippen LogP contribution in [0.4, 0.5) is 8.78 Å². The fraction of sp³-hybridized carbons (Fsp3) is 0.300. The molecule has 1 aromatic carbocycles. The van der Waals surface area contributed by atoms with Gasteiger partial charge in [0.05, 0.1) is 0 Å². The maximum Gasteiger partial charge on any atom is 0.188 e. The van der Waals surface area contributed by atoms with Gasteiger partial charge in [-0.1, -0.05) is 6.07 Å². The third-order valence-corrected chi connectivity index (χ3v) is 2.11. The lowest BCUT2D eigenvalue weighted by Gasteiger charge is -2.09. The molecule has 0 heterocycles. The molecule has 0 bridgehead atoms. The molecule has 1 rings (SSSR count). The second-order valence-electron chi connectivity index (χ2n) is 3.12. The van der Waals surface area contributed by atoms with Crippen molar-refractivity contribution in [3.63, 3.8) is 0 Å². The molecular formula is C10H13F2N3. The average molecular weight is 213 g/mol. The molecule has 0 fully saturated rings. The van der Waals surface area contributed by atoms with Crippen molar-refractivity contribution < 1.29 is 8.78 Å². The van der Waals surface area contributed by atoms with E-state index in [0.717, 1.165) is 0 Å². The Kier molecular flexibility index (Phi) is 3.60. The highest BCUT2D eigenvalue weighted by Crippen LogP contribution is 2.15. The molecule has 1 aromatic rings. The summed E-state index contributed by atoms with van der Waals surface area (Å²) in [5.74, 6) is -1.03. The van der Waals surface area contributed by atoms with Gasteiger partial charge < -0.3 is 10.6 Å². The van der Waals surface area contributed by atoms with E-state index < -0.39 is 11.6 Å². The van der Waals surface area contributed by atoms with Crippen molar-refractivity contribution in [2.24, 2.45) is 0 Å². The van der Waals surface area contributed by atoms with E-state index in [-0.39, 0.29) is 18.1 Å². The minimum atomic E-state index is -0.564. The molecule has 15 heavy (non-hydrogen) atoms. The van der Waals surface area contributed by atoms with Crippen LogP contribution < -0.4 is 10.6 Å². The number of halogens is 2. The lowest BCUT2D eigenvalue weighted by Crippen LogP contribution is -2.33. The van der Waals surface area contributed by atoms with Crippen LogP contribution in [-0.4, -0.2) is 13.0 Å². The highest BCUT2D eigenvalue weighted by molar-refractivity contribution is 5.75. The Hall–Kier alpha value is -1.65. The van der Waals surface area contributed by atoms with Crippen LogP contribution in [-0.2, 0) is 6.54 Å². The smallest absolute Gasteiger partial charge is 0.188 e. The van der Waals surface area contributed by atoms with Gasteiger partial charge in [-0.2, -0.15) is 0 Å². The number of hydrogen-bond donors (Lipinski definition) is 3. The van der Waals surface area contributed by atoms with Crippen LogP contribution in [0, 0.1) is 24.0 Å². The first-order chi connectivity index (χ1) is 7.06. The summed E-state index contributed by atoms with van der Waals surface area (Å²) in [6.45, 7) is 1.55. The lowest BCUT2D eigenvalue weighted by atomic mass is 10.1. The van der Waals surface area contributed by atoms with Crippen LogP contribution in [0.25, 0.3) is 0 Å². The molecule has 0 aliphatic rings. The Balaban J connectivity index is 2.78. The lowest BCUT2D eigenvalue weighted by molar-refractivity contribution is 0.555. The molecular weight excluding hydrogens is 200 g/mol. The van der Waals surface area contributed by atoms with Crippen molar-refractivity contribution in [2.75, 3.05) is 7.05 Å². The maximum absolute atomic E-state index is 13.4. The van der Waals surface area contributed by atoms with Gasteiger partial charge in [-0.3, -0.25) is 5.41 Å². The Morgan fingerprint density at radius 2 is 2.07 bits per heavy atom. The third kappa shape index (κ3) is 2.65. The van der Waals surface area contributed by atoms with E-state index in [1.165, 1.54) is 19.1 Å². The van der Waals surface area contributed by atoms with Crippen LogP contribution in [0.1, 0.15) is 11.1 Å². The Morgan fingerprint density at radius 1 is 1.40 bits per heavy atom. The van der Waals surface area contributed by atoms with Gasteiger partial charge in [0.25, 0.3) is 0 Å². The minimum absolute atomic E-state index is 0.00490. The van der Waals surface area contributed by atoms with Crippen LogP contribution in [0.5, 0.6) is 0 Å². The van der Waals surface area contributed by atoms with E-state index in [0.29, 0.717) is 5.56 Å². The summed E-state index contributed by atoms with van der Waals surface area (Å²) in [7, 11) is 1.58. The Bertz CT molecular complexity index is 377. The molecule has 0 amide bonds. The monoisotopic (exact) mass is 213 g/mol. The van der Waals surface area contributed by atoms with E-state index in [2.05, 4.69) is 10.6 Å². The van der Waals surface area contributed by atoms with Gasteiger partial charge in [0.2, 0.25) is 0 Å². The van der Waals surface area contributed by atoms with Gasteiger partial charge in [-0.25, -0.2) is 8.78 Å². The Morgan fingerprint density at radius 3 is 2.67 bits per heavy atom. The normalized spacial score (nSPS) is 9.87. The van der Waals surface area contributed by atoms with Crippen molar-refractivity contribution in [3.8, 4) is 0 Å². The first kappa shape index (κ1) is 11.4. The zero-order valence-corrected chi connectivity index (χ0v) is 8.62. The fourth-order valence-electron chi connectivity index (χ4n) is 1.13. The zero-order chi connectivity index (χ0) is 11.4. The Labute approximate surface area is 87.0 Å². The van der Waals surface area contributed by atoms with E-state index >= 15 is 0 Å². The van der Waals surface area contributed by atoms with Crippen molar-refractivity contribution in [1.82, 2.24) is 10.6 Å². The van der Waals surface area contributed by atoms with E-state index in [1.54, 1.807) is 7.05 Å². The van der Waals surface area contributed by atoms with Gasteiger partial charge >= 0.3 is 0 Å². The van der Waals surface area contributed by atoms with Crippen LogP contribution in [0.3, 0.4) is 0 Å². The molecule has 0 aliphatic heterocycles. The number of hydrogen-bond acceptors (Lipinski definition) is 1. The topological polar surface area (TPSA) is 47.9 Å². The summed E-state index contributed by atoms with van der Waals surface area (Å²) in [4.78, 5) is 0. The van der Waals surface area contributed by atoms with Crippen molar-refractivity contribution in [3.05, 3.63) is 34.9 Å². The summed E-state index contributed by atoms with van der Waals surface area (Å²) in [5.41, 5.74) is 0.346. The molecule has 0 saturated heterocycles. The molecule has 5 heteroatoms. The number of guanidine groups is 1. The van der Waals surface area contributed by atoms with Gasteiger partial charge in [0, 0.05) is 24.7 Å². The molecule has 3 N–H and O–H groups in total. The number of rotatable bonds is 2. The molecule has 0 aliphatic carbocycles. The van der Waals surface area contributed by atoms with Crippen molar-refractivity contribution in [1.29, 1.82) is 5.41 Å². The molecule has 0 spiro atoms. The summed E-state index contributed by atoms with van der Waals surface area (Å²) < 4.78 is 26.4. The number of nitrogens with one attached hydrogen (secondary N) is 3. The van der Waals surface area contributed by atoms with Gasteiger partial charge in [0.15, 0.2) is 5.96 Å². The van der Waals surface area contributed by atoms with Crippen LogP contribution >= 0.6 is 0 Å². The highest BCUT2D eigenvalue weighted by Gasteiger charge is 2.09. The predicted molar refractivity (Wildman–Crippen MR) is 54.7 cm³/mol. The van der Waals surface area contributed by atoms with E-state index in [4.69, 9.17) is 5.41 Å². The zero-order valence-electron chi connectivity index (χ0n) is 8.62. The molecule has 82 valence electrons.